The second-order valence-electron chi connectivity index (χ2n) is 5.04. The van der Waals surface area contributed by atoms with Crippen molar-refractivity contribution in [3.8, 4) is 11.5 Å². The number of methoxy groups -OCH3 is 2. The van der Waals surface area contributed by atoms with E-state index in [9.17, 15) is 13.2 Å². The Labute approximate surface area is 124 Å². The number of nitrogens with zero attached hydrogens (tertiary/aromatic N) is 1. The van der Waals surface area contributed by atoms with Crippen LogP contribution in [0.25, 0.3) is 0 Å². The van der Waals surface area contributed by atoms with Gasteiger partial charge in [0.25, 0.3) is 5.91 Å². The maximum atomic E-state index is 12.5. The third-order valence-electron chi connectivity index (χ3n) is 3.72. The van der Waals surface area contributed by atoms with Crippen molar-refractivity contribution in [1.82, 2.24) is 4.90 Å². The minimum Gasteiger partial charge on any atom is -0.497 e. The summed E-state index contributed by atoms with van der Waals surface area (Å²) >= 11 is 0. The molecule has 7 heteroatoms. The third kappa shape index (κ3) is 3.29. The van der Waals surface area contributed by atoms with Gasteiger partial charge in [0.1, 0.15) is 11.5 Å². The molecule has 6 nitrogen and oxygen atoms in total. The van der Waals surface area contributed by atoms with Gasteiger partial charge < -0.3 is 14.4 Å². The Morgan fingerprint density at radius 2 is 2.00 bits per heavy atom. The zero-order valence-electron chi connectivity index (χ0n) is 12.3. The summed E-state index contributed by atoms with van der Waals surface area (Å²) in [7, 11) is 1.61. The average molecular weight is 313 g/mol. The molecule has 0 bridgehead atoms. The minimum atomic E-state index is -3.03. The van der Waals surface area contributed by atoms with Crippen LogP contribution >= 0.6 is 0 Å². The summed E-state index contributed by atoms with van der Waals surface area (Å²) < 4.78 is 33.4. The lowest BCUT2D eigenvalue weighted by Gasteiger charge is -2.24. The molecule has 1 atom stereocenters. The maximum Gasteiger partial charge on any atom is 0.257 e. The average Bonchev–Trinajstić information content (AvgIpc) is 2.85. The van der Waals surface area contributed by atoms with Crippen LogP contribution in [-0.4, -0.2) is 58.0 Å². The Bertz CT molecular complexity index is 641. The van der Waals surface area contributed by atoms with Crippen LogP contribution in [-0.2, 0) is 9.84 Å². The molecule has 0 aliphatic carbocycles. The molecule has 0 N–H and O–H groups in total. The molecule has 1 aliphatic rings. The second kappa shape index (κ2) is 5.93. The third-order valence-corrected chi connectivity index (χ3v) is 5.47. The van der Waals surface area contributed by atoms with Crippen molar-refractivity contribution in [2.45, 2.75) is 12.5 Å². The molecule has 0 aromatic heterocycles. The van der Waals surface area contributed by atoms with Crippen LogP contribution in [0.15, 0.2) is 18.2 Å². The molecule has 1 amide bonds. The van der Waals surface area contributed by atoms with Crippen molar-refractivity contribution in [3.63, 3.8) is 0 Å². The van der Waals surface area contributed by atoms with E-state index in [-0.39, 0.29) is 23.5 Å². The predicted molar refractivity (Wildman–Crippen MR) is 78.7 cm³/mol. The van der Waals surface area contributed by atoms with Crippen LogP contribution in [0.2, 0.25) is 0 Å². The van der Waals surface area contributed by atoms with Gasteiger partial charge in [0.15, 0.2) is 9.84 Å². The van der Waals surface area contributed by atoms with E-state index >= 15 is 0 Å². The van der Waals surface area contributed by atoms with E-state index < -0.39 is 9.84 Å². The lowest BCUT2D eigenvalue weighted by atomic mass is 10.1. The van der Waals surface area contributed by atoms with E-state index in [1.807, 2.05) is 0 Å². The molecule has 0 spiro atoms. The number of amides is 1. The molecular weight excluding hydrogens is 294 g/mol. The van der Waals surface area contributed by atoms with Gasteiger partial charge in [-0.3, -0.25) is 4.79 Å². The Morgan fingerprint density at radius 3 is 2.52 bits per heavy atom. The molecule has 1 heterocycles. The highest BCUT2D eigenvalue weighted by Gasteiger charge is 2.33. The first kappa shape index (κ1) is 15.6. The molecule has 0 radical (unpaired) electrons. The number of sulfone groups is 1. The number of rotatable bonds is 4. The first-order valence-electron chi connectivity index (χ1n) is 6.57. The van der Waals surface area contributed by atoms with Gasteiger partial charge in [-0.15, -0.1) is 0 Å². The van der Waals surface area contributed by atoms with Crippen molar-refractivity contribution in [2.75, 3.05) is 32.8 Å². The fourth-order valence-corrected chi connectivity index (χ4v) is 4.19. The highest BCUT2D eigenvalue weighted by atomic mass is 32.2. The first-order valence-corrected chi connectivity index (χ1v) is 8.39. The maximum absolute atomic E-state index is 12.5. The lowest BCUT2D eigenvalue weighted by molar-refractivity contribution is 0.0744. The molecule has 1 aromatic carbocycles. The predicted octanol–water partition coefficient (Wildman–Crippen LogP) is 0.963. The number of hydrogen-bond donors (Lipinski definition) is 0. The second-order valence-corrected chi connectivity index (χ2v) is 7.27. The molecule has 1 fully saturated rings. The van der Waals surface area contributed by atoms with E-state index in [2.05, 4.69) is 0 Å². The monoisotopic (exact) mass is 313 g/mol. The minimum absolute atomic E-state index is 0.0215. The van der Waals surface area contributed by atoms with Crippen LogP contribution < -0.4 is 9.47 Å². The standard InChI is InChI=1S/C14H19NO5S/c1-15(10-6-7-21(17,18)9-10)14(16)12-5-4-11(19-2)8-13(12)20-3/h4-5,8,10H,6-7,9H2,1-3H3/t10-/m0/s1. The Kier molecular flexibility index (Phi) is 4.41. The number of ether oxygens (including phenoxy) is 2. The van der Waals surface area contributed by atoms with Crippen molar-refractivity contribution < 1.29 is 22.7 Å². The largest absolute Gasteiger partial charge is 0.497 e. The Hall–Kier alpha value is -1.76. The summed E-state index contributed by atoms with van der Waals surface area (Å²) in [6.45, 7) is 0. The van der Waals surface area contributed by atoms with Crippen LogP contribution in [0.1, 0.15) is 16.8 Å². The van der Waals surface area contributed by atoms with E-state index in [0.29, 0.717) is 23.5 Å². The summed E-state index contributed by atoms with van der Waals surface area (Å²) in [6.07, 6.45) is 0.475. The molecular formula is C14H19NO5S. The smallest absolute Gasteiger partial charge is 0.257 e. The Balaban J connectivity index is 2.23. The molecule has 1 aromatic rings. The van der Waals surface area contributed by atoms with Crippen molar-refractivity contribution in [2.24, 2.45) is 0 Å². The van der Waals surface area contributed by atoms with Crippen LogP contribution in [0.4, 0.5) is 0 Å². The van der Waals surface area contributed by atoms with Crippen LogP contribution in [0.5, 0.6) is 11.5 Å². The summed E-state index contributed by atoms with van der Waals surface area (Å²) in [4.78, 5) is 14.0. The Morgan fingerprint density at radius 1 is 1.29 bits per heavy atom. The van der Waals surface area contributed by atoms with Gasteiger partial charge in [0.2, 0.25) is 0 Å². The number of hydrogen-bond acceptors (Lipinski definition) is 5. The van der Waals surface area contributed by atoms with Gasteiger partial charge in [0, 0.05) is 19.2 Å². The van der Waals surface area contributed by atoms with Gasteiger partial charge in [-0.05, 0) is 18.6 Å². The molecule has 116 valence electrons. The van der Waals surface area contributed by atoms with Gasteiger partial charge in [-0.1, -0.05) is 0 Å². The SMILES string of the molecule is COc1ccc(C(=O)N(C)[C@H]2CCS(=O)(=O)C2)c(OC)c1. The summed E-state index contributed by atoms with van der Waals surface area (Å²) in [6, 6.07) is 4.65. The normalized spacial score (nSPS) is 20.0. The van der Waals surface area contributed by atoms with Gasteiger partial charge in [-0.25, -0.2) is 8.42 Å². The fourth-order valence-electron chi connectivity index (χ4n) is 2.41. The van der Waals surface area contributed by atoms with Gasteiger partial charge in [-0.2, -0.15) is 0 Å². The highest BCUT2D eigenvalue weighted by Crippen LogP contribution is 2.27. The summed E-state index contributed by atoms with van der Waals surface area (Å²) in [5.74, 6) is 0.904. The van der Waals surface area contributed by atoms with E-state index in [0.717, 1.165) is 0 Å². The molecule has 1 saturated heterocycles. The van der Waals surface area contributed by atoms with Crippen molar-refractivity contribution >= 4 is 15.7 Å². The summed E-state index contributed by atoms with van der Waals surface area (Å²) in [5, 5.41) is 0. The molecule has 2 rings (SSSR count). The van der Waals surface area contributed by atoms with Crippen molar-refractivity contribution in [3.05, 3.63) is 23.8 Å². The zero-order chi connectivity index (χ0) is 15.6. The van der Waals surface area contributed by atoms with Crippen LogP contribution in [0, 0.1) is 0 Å². The number of carbonyl (C=O) groups excluding carboxylic acids is 1. The number of benzene rings is 1. The van der Waals surface area contributed by atoms with E-state index in [4.69, 9.17) is 9.47 Å². The lowest BCUT2D eigenvalue weighted by Crippen LogP contribution is -2.38. The summed E-state index contributed by atoms with van der Waals surface area (Å²) in [5.41, 5.74) is 0.394. The quantitative estimate of drug-likeness (QED) is 0.828. The molecule has 21 heavy (non-hydrogen) atoms. The highest BCUT2D eigenvalue weighted by molar-refractivity contribution is 7.91. The van der Waals surface area contributed by atoms with Crippen molar-refractivity contribution in [1.29, 1.82) is 0 Å². The van der Waals surface area contributed by atoms with Gasteiger partial charge >= 0.3 is 0 Å². The first-order chi connectivity index (χ1) is 9.88. The van der Waals surface area contributed by atoms with Crippen LogP contribution in [0.3, 0.4) is 0 Å². The van der Waals surface area contributed by atoms with E-state index in [1.54, 1.807) is 25.2 Å². The molecule has 0 saturated carbocycles. The topological polar surface area (TPSA) is 72.9 Å². The fraction of sp³-hybridized carbons (Fsp3) is 0.500. The van der Waals surface area contributed by atoms with E-state index in [1.165, 1.54) is 19.1 Å². The zero-order valence-corrected chi connectivity index (χ0v) is 13.1. The molecule has 1 aliphatic heterocycles. The number of carbonyl (C=O) groups is 1. The van der Waals surface area contributed by atoms with Gasteiger partial charge in [0.05, 0.1) is 31.3 Å². The molecule has 0 unspecified atom stereocenters.